The van der Waals surface area contributed by atoms with Crippen molar-refractivity contribution < 1.29 is 0 Å². The minimum atomic E-state index is 1.11. The van der Waals surface area contributed by atoms with E-state index in [4.69, 9.17) is 0 Å². The van der Waals surface area contributed by atoms with E-state index in [0.717, 1.165) is 28.3 Å². The predicted molar refractivity (Wildman–Crippen MR) is 254 cm³/mol. The van der Waals surface area contributed by atoms with Gasteiger partial charge in [-0.3, -0.25) is 0 Å². The number of anilines is 3. The summed E-state index contributed by atoms with van der Waals surface area (Å²) < 4.78 is 5.04. The molecule has 0 radical (unpaired) electrons. The smallest absolute Gasteiger partial charge is 0.0541 e. The molecule has 0 saturated carbocycles. The third kappa shape index (κ3) is 5.40. The van der Waals surface area contributed by atoms with Crippen LogP contribution in [-0.4, -0.2) is 4.57 Å². The molecule has 0 saturated heterocycles. The highest BCUT2D eigenvalue weighted by Gasteiger charge is 2.23. The Kier molecular flexibility index (Phi) is 7.75. The molecule has 0 N–H and O–H groups in total. The van der Waals surface area contributed by atoms with Crippen LogP contribution in [0.15, 0.2) is 218 Å². The van der Waals surface area contributed by atoms with Gasteiger partial charge in [-0.2, -0.15) is 0 Å². The normalized spacial score (nSPS) is 11.7. The average molecular weight is 769 g/mol. The first kappa shape index (κ1) is 33.7. The second-order valence-corrected chi connectivity index (χ2v) is 16.3. The van der Waals surface area contributed by atoms with Crippen LogP contribution >= 0.6 is 11.3 Å². The zero-order chi connectivity index (χ0) is 38.9. The van der Waals surface area contributed by atoms with Crippen LogP contribution in [0.3, 0.4) is 0 Å². The van der Waals surface area contributed by atoms with E-state index in [1.165, 1.54) is 80.2 Å². The summed E-state index contributed by atoms with van der Waals surface area (Å²) >= 11 is 1.86. The average Bonchev–Trinajstić information content (AvgIpc) is 3.85. The minimum absolute atomic E-state index is 1.11. The van der Waals surface area contributed by atoms with Crippen molar-refractivity contribution in [3.05, 3.63) is 218 Å². The summed E-state index contributed by atoms with van der Waals surface area (Å²) in [4.78, 5) is 2.45. The number of hydrogen-bond acceptors (Lipinski definition) is 2. The fourth-order valence-electron chi connectivity index (χ4n) is 9.34. The molecule has 0 aliphatic carbocycles. The van der Waals surface area contributed by atoms with Gasteiger partial charge in [0.25, 0.3) is 0 Å². The van der Waals surface area contributed by atoms with E-state index in [2.05, 4.69) is 228 Å². The summed E-state index contributed by atoms with van der Waals surface area (Å²) in [5, 5.41) is 10.0. The number of rotatable bonds is 6. The number of fused-ring (bicyclic) bond motifs is 9. The molecule has 0 fully saturated rings. The molecule has 2 nitrogen and oxygen atoms in total. The van der Waals surface area contributed by atoms with Crippen LogP contribution in [0.2, 0.25) is 0 Å². The van der Waals surface area contributed by atoms with Crippen molar-refractivity contribution in [3.8, 4) is 27.9 Å². The maximum absolute atomic E-state index is 2.45. The first-order valence-electron chi connectivity index (χ1n) is 20.2. The van der Waals surface area contributed by atoms with Crippen molar-refractivity contribution in [2.24, 2.45) is 0 Å². The van der Waals surface area contributed by atoms with Gasteiger partial charge in [0.05, 0.1) is 22.4 Å². The van der Waals surface area contributed by atoms with Gasteiger partial charge in [-0.25, -0.2) is 0 Å². The Morgan fingerprint density at radius 3 is 1.75 bits per heavy atom. The summed E-state index contributed by atoms with van der Waals surface area (Å²) in [6.45, 7) is 0. The molecule has 2 heterocycles. The number of nitrogens with zero attached hydrogens (tertiary/aromatic N) is 2. The van der Waals surface area contributed by atoms with Crippen LogP contribution in [0.25, 0.3) is 91.5 Å². The van der Waals surface area contributed by atoms with Gasteiger partial charge in [-0.1, -0.05) is 146 Å². The van der Waals surface area contributed by atoms with E-state index in [1.807, 2.05) is 11.3 Å². The first-order chi connectivity index (χ1) is 29.3. The van der Waals surface area contributed by atoms with E-state index in [0.29, 0.717) is 0 Å². The van der Waals surface area contributed by atoms with Crippen molar-refractivity contribution >= 4 is 91.9 Å². The Bertz CT molecular complexity index is 3520. The van der Waals surface area contributed by atoms with Crippen LogP contribution in [0.4, 0.5) is 17.1 Å². The maximum Gasteiger partial charge on any atom is 0.0541 e. The minimum Gasteiger partial charge on any atom is -0.310 e. The maximum atomic E-state index is 2.45. The van der Waals surface area contributed by atoms with Gasteiger partial charge >= 0.3 is 0 Å². The first-order valence-corrected chi connectivity index (χ1v) is 21.0. The highest BCUT2D eigenvalue weighted by atomic mass is 32.1. The lowest BCUT2D eigenvalue weighted by Crippen LogP contribution is -2.11. The van der Waals surface area contributed by atoms with Crippen molar-refractivity contribution in [2.45, 2.75) is 0 Å². The van der Waals surface area contributed by atoms with Crippen molar-refractivity contribution in [1.29, 1.82) is 0 Å². The van der Waals surface area contributed by atoms with Crippen molar-refractivity contribution in [3.63, 3.8) is 0 Å². The quantitative estimate of drug-likeness (QED) is 0.153. The molecule has 10 aromatic carbocycles. The Balaban J connectivity index is 1.16. The zero-order valence-electron chi connectivity index (χ0n) is 32.1. The number of hydrogen-bond donors (Lipinski definition) is 0. The van der Waals surface area contributed by atoms with E-state index >= 15 is 0 Å². The van der Waals surface area contributed by atoms with Crippen LogP contribution in [0, 0.1) is 0 Å². The highest BCUT2D eigenvalue weighted by Crippen LogP contribution is 2.48. The molecule has 59 heavy (non-hydrogen) atoms. The van der Waals surface area contributed by atoms with E-state index in [1.54, 1.807) is 0 Å². The molecule has 0 spiro atoms. The molecular formula is C56H36N2S. The predicted octanol–water partition coefficient (Wildman–Crippen LogP) is 16.3. The standard InChI is InChI=1S/C56H36N2S/c1-2-17-39(18-3-1)57(40-31-33-56-50(36-40)47-25-11-15-29-55(47)59-56)54-32-30-38(35-49(54)48-34-37-16-4-5-19-41(37)43-21-6-7-22-44(43)48)42-20-8-12-26-51(42)58-52-27-13-9-23-45(52)46-24-10-14-28-53(46)58/h1-36H. The number of benzene rings is 10. The SMILES string of the molecule is c1ccc(N(c2ccc3sc4ccccc4c3c2)c2ccc(-c3ccccc3-n3c4ccccc4c4ccccc43)cc2-c2cc3ccccc3c3ccccc23)cc1. The van der Waals surface area contributed by atoms with Gasteiger partial charge in [-0.05, 0) is 105 Å². The third-order valence-corrected chi connectivity index (χ3v) is 13.1. The summed E-state index contributed by atoms with van der Waals surface area (Å²) in [6.07, 6.45) is 0. The summed E-state index contributed by atoms with van der Waals surface area (Å²) in [6, 6.07) is 80.2. The molecule has 12 aromatic rings. The number of aromatic nitrogens is 1. The van der Waals surface area contributed by atoms with Crippen LogP contribution in [0.5, 0.6) is 0 Å². The monoisotopic (exact) mass is 768 g/mol. The Morgan fingerprint density at radius 1 is 0.339 bits per heavy atom. The Morgan fingerprint density at radius 2 is 0.949 bits per heavy atom. The molecule has 0 atom stereocenters. The summed E-state index contributed by atoms with van der Waals surface area (Å²) in [5.74, 6) is 0. The topological polar surface area (TPSA) is 8.17 Å². The van der Waals surface area contributed by atoms with Gasteiger partial charge in [-0.15, -0.1) is 11.3 Å². The van der Waals surface area contributed by atoms with Gasteiger partial charge in [0.15, 0.2) is 0 Å². The summed E-state index contributed by atoms with van der Waals surface area (Å²) in [5.41, 5.74) is 11.6. The largest absolute Gasteiger partial charge is 0.310 e. The molecule has 0 bridgehead atoms. The molecule has 2 aromatic heterocycles. The van der Waals surface area contributed by atoms with Crippen LogP contribution in [-0.2, 0) is 0 Å². The van der Waals surface area contributed by atoms with E-state index < -0.39 is 0 Å². The fourth-order valence-corrected chi connectivity index (χ4v) is 10.4. The lowest BCUT2D eigenvalue weighted by atomic mass is 9.90. The fraction of sp³-hybridized carbons (Fsp3) is 0. The molecule has 0 unspecified atom stereocenters. The second kappa shape index (κ2) is 13.6. The Labute approximate surface area is 346 Å². The van der Waals surface area contributed by atoms with Crippen LogP contribution in [0.1, 0.15) is 0 Å². The van der Waals surface area contributed by atoms with Crippen molar-refractivity contribution in [1.82, 2.24) is 4.57 Å². The van der Waals surface area contributed by atoms with Crippen molar-refractivity contribution in [2.75, 3.05) is 4.90 Å². The molecule has 276 valence electrons. The van der Waals surface area contributed by atoms with Gasteiger partial charge in [0.1, 0.15) is 0 Å². The number of thiophene rings is 1. The van der Waals surface area contributed by atoms with E-state index in [-0.39, 0.29) is 0 Å². The second-order valence-electron chi connectivity index (χ2n) is 15.3. The lowest BCUT2D eigenvalue weighted by molar-refractivity contribution is 1.18. The lowest BCUT2D eigenvalue weighted by Gasteiger charge is -2.29. The van der Waals surface area contributed by atoms with Gasteiger partial charge in [0.2, 0.25) is 0 Å². The molecule has 12 rings (SSSR count). The Hall–Kier alpha value is -7.46. The van der Waals surface area contributed by atoms with Crippen LogP contribution < -0.4 is 4.90 Å². The van der Waals surface area contributed by atoms with E-state index in [9.17, 15) is 0 Å². The third-order valence-electron chi connectivity index (χ3n) is 12.0. The van der Waals surface area contributed by atoms with Gasteiger partial charge in [0, 0.05) is 53.4 Å². The van der Waals surface area contributed by atoms with Gasteiger partial charge < -0.3 is 9.47 Å². The molecule has 0 aliphatic rings. The molecule has 3 heteroatoms. The zero-order valence-corrected chi connectivity index (χ0v) is 32.9. The molecule has 0 aliphatic heterocycles. The number of para-hydroxylation sites is 4. The molecule has 0 amide bonds. The highest BCUT2D eigenvalue weighted by molar-refractivity contribution is 7.25. The molecular weight excluding hydrogens is 733 g/mol. The summed E-state index contributed by atoms with van der Waals surface area (Å²) in [7, 11) is 0.